The molecule has 8 nitrogen and oxygen atoms in total. The Morgan fingerprint density at radius 3 is 2.41 bits per heavy atom. The summed E-state index contributed by atoms with van der Waals surface area (Å²) in [6.07, 6.45) is 3.01. The van der Waals surface area contributed by atoms with E-state index in [0.29, 0.717) is 54.0 Å². The Hall–Kier alpha value is -3.68. The largest absolute Gasteiger partial charge is 0.497 e. The number of aryl methyl sites for hydroxylation is 1. The van der Waals surface area contributed by atoms with Crippen LogP contribution in [0.2, 0.25) is 0 Å². The van der Waals surface area contributed by atoms with E-state index in [1.165, 1.54) is 0 Å². The SMILES string of the molecule is COc1ccc(-c2cnc(CCC(=O)NCCc3ccc(OC)c(OC)c3)o2)c(OC)c1. The Balaban J connectivity index is 1.49. The van der Waals surface area contributed by atoms with E-state index in [1.807, 2.05) is 30.3 Å². The summed E-state index contributed by atoms with van der Waals surface area (Å²) < 4.78 is 27.0. The first-order valence-corrected chi connectivity index (χ1v) is 10.2. The van der Waals surface area contributed by atoms with E-state index in [2.05, 4.69) is 10.3 Å². The Bertz CT molecular complexity index is 1050. The molecule has 0 bridgehead atoms. The van der Waals surface area contributed by atoms with Crippen molar-refractivity contribution in [1.29, 1.82) is 0 Å². The van der Waals surface area contributed by atoms with Crippen LogP contribution in [0.3, 0.4) is 0 Å². The molecule has 2 aromatic carbocycles. The first-order chi connectivity index (χ1) is 15.6. The van der Waals surface area contributed by atoms with Crippen LogP contribution in [0.25, 0.3) is 11.3 Å². The highest BCUT2D eigenvalue weighted by molar-refractivity contribution is 5.76. The topological polar surface area (TPSA) is 92.1 Å². The van der Waals surface area contributed by atoms with Gasteiger partial charge in [0.15, 0.2) is 23.1 Å². The van der Waals surface area contributed by atoms with Crippen LogP contribution in [0.4, 0.5) is 0 Å². The summed E-state index contributed by atoms with van der Waals surface area (Å²) in [6, 6.07) is 11.2. The summed E-state index contributed by atoms with van der Waals surface area (Å²) in [5, 5.41) is 2.92. The average Bonchev–Trinajstić information content (AvgIpc) is 3.31. The molecule has 3 rings (SSSR count). The standard InChI is InChI=1S/C24H28N2O6/c1-28-17-6-7-18(20(14-17)30-3)22-15-26-24(32-22)10-9-23(27)25-12-11-16-5-8-19(29-2)21(13-16)31-4/h5-8,13-15H,9-12H2,1-4H3,(H,25,27). The Morgan fingerprint density at radius 2 is 1.69 bits per heavy atom. The number of nitrogens with zero attached hydrogens (tertiary/aromatic N) is 1. The molecule has 0 saturated carbocycles. The van der Waals surface area contributed by atoms with Crippen LogP contribution in [0.5, 0.6) is 23.0 Å². The minimum Gasteiger partial charge on any atom is -0.497 e. The van der Waals surface area contributed by atoms with Gasteiger partial charge in [0.25, 0.3) is 0 Å². The van der Waals surface area contributed by atoms with Crippen LogP contribution < -0.4 is 24.3 Å². The first kappa shape index (κ1) is 23.0. The molecule has 8 heteroatoms. The van der Waals surface area contributed by atoms with Gasteiger partial charge in [-0.2, -0.15) is 0 Å². The number of hydrogen-bond acceptors (Lipinski definition) is 7. The van der Waals surface area contributed by atoms with E-state index in [1.54, 1.807) is 40.7 Å². The molecule has 0 atom stereocenters. The van der Waals surface area contributed by atoms with Crippen molar-refractivity contribution in [2.75, 3.05) is 35.0 Å². The third-order valence-corrected chi connectivity index (χ3v) is 4.98. The predicted molar refractivity (Wildman–Crippen MR) is 120 cm³/mol. The van der Waals surface area contributed by atoms with Crippen molar-refractivity contribution < 1.29 is 28.2 Å². The van der Waals surface area contributed by atoms with Crippen molar-refractivity contribution in [2.45, 2.75) is 19.3 Å². The Morgan fingerprint density at radius 1 is 0.906 bits per heavy atom. The van der Waals surface area contributed by atoms with Gasteiger partial charge in [-0.15, -0.1) is 0 Å². The van der Waals surface area contributed by atoms with Gasteiger partial charge >= 0.3 is 0 Å². The van der Waals surface area contributed by atoms with E-state index < -0.39 is 0 Å². The summed E-state index contributed by atoms with van der Waals surface area (Å²) in [7, 11) is 6.38. The van der Waals surface area contributed by atoms with E-state index in [9.17, 15) is 4.79 Å². The molecular formula is C24H28N2O6. The van der Waals surface area contributed by atoms with E-state index in [4.69, 9.17) is 23.4 Å². The van der Waals surface area contributed by atoms with Crippen LogP contribution in [0.15, 0.2) is 47.0 Å². The van der Waals surface area contributed by atoms with Gasteiger partial charge in [0.2, 0.25) is 5.91 Å². The van der Waals surface area contributed by atoms with Gasteiger partial charge in [0, 0.05) is 25.5 Å². The number of benzene rings is 2. The smallest absolute Gasteiger partial charge is 0.220 e. The van der Waals surface area contributed by atoms with Gasteiger partial charge in [-0.05, 0) is 36.2 Å². The number of carbonyl (C=O) groups is 1. The van der Waals surface area contributed by atoms with Crippen molar-refractivity contribution in [3.05, 3.63) is 54.0 Å². The first-order valence-electron chi connectivity index (χ1n) is 10.2. The summed E-state index contributed by atoms with van der Waals surface area (Å²) in [5.41, 5.74) is 1.82. The molecule has 170 valence electrons. The number of nitrogens with one attached hydrogen (secondary N) is 1. The lowest BCUT2D eigenvalue weighted by molar-refractivity contribution is -0.121. The molecule has 3 aromatic rings. The highest BCUT2D eigenvalue weighted by Crippen LogP contribution is 2.33. The van der Waals surface area contributed by atoms with Crippen LogP contribution in [-0.2, 0) is 17.6 Å². The molecule has 0 aliphatic rings. The molecule has 0 aliphatic heterocycles. The second-order valence-electron chi connectivity index (χ2n) is 6.97. The zero-order chi connectivity index (χ0) is 22.9. The quantitative estimate of drug-likeness (QED) is 0.486. The van der Waals surface area contributed by atoms with Crippen molar-refractivity contribution in [3.63, 3.8) is 0 Å². The van der Waals surface area contributed by atoms with E-state index >= 15 is 0 Å². The van der Waals surface area contributed by atoms with Crippen LogP contribution >= 0.6 is 0 Å². The maximum absolute atomic E-state index is 12.2. The van der Waals surface area contributed by atoms with Gasteiger partial charge in [-0.25, -0.2) is 4.98 Å². The van der Waals surface area contributed by atoms with Crippen molar-refractivity contribution >= 4 is 5.91 Å². The second-order valence-corrected chi connectivity index (χ2v) is 6.97. The maximum atomic E-state index is 12.2. The number of hydrogen-bond donors (Lipinski definition) is 1. The third-order valence-electron chi connectivity index (χ3n) is 4.98. The van der Waals surface area contributed by atoms with Crippen molar-refractivity contribution in [3.8, 4) is 34.3 Å². The molecule has 1 amide bonds. The normalized spacial score (nSPS) is 10.5. The second kappa shape index (κ2) is 11.1. The van der Waals surface area contributed by atoms with Gasteiger partial charge in [0.1, 0.15) is 11.5 Å². The molecule has 0 saturated heterocycles. The van der Waals surface area contributed by atoms with E-state index in [0.717, 1.165) is 11.1 Å². The number of rotatable bonds is 11. The zero-order valence-corrected chi connectivity index (χ0v) is 18.8. The molecular weight excluding hydrogens is 412 g/mol. The lowest BCUT2D eigenvalue weighted by Crippen LogP contribution is -2.25. The van der Waals surface area contributed by atoms with Crippen LogP contribution in [0.1, 0.15) is 17.9 Å². The number of ether oxygens (including phenoxy) is 4. The number of carbonyl (C=O) groups excluding carboxylic acids is 1. The summed E-state index contributed by atoms with van der Waals surface area (Å²) in [6.45, 7) is 0.522. The number of amides is 1. The van der Waals surface area contributed by atoms with Crippen molar-refractivity contribution in [2.24, 2.45) is 0 Å². The minimum absolute atomic E-state index is 0.0627. The van der Waals surface area contributed by atoms with Gasteiger partial charge in [0.05, 0.1) is 40.2 Å². The predicted octanol–water partition coefficient (Wildman–Crippen LogP) is 3.67. The van der Waals surface area contributed by atoms with Gasteiger partial charge < -0.3 is 28.7 Å². The van der Waals surface area contributed by atoms with E-state index in [-0.39, 0.29) is 12.3 Å². The summed E-state index contributed by atoms with van der Waals surface area (Å²) in [4.78, 5) is 16.5. The third kappa shape index (κ3) is 5.72. The molecule has 0 aliphatic carbocycles. The highest BCUT2D eigenvalue weighted by Gasteiger charge is 2.14. The summed E-state index contributed by atoms with van der Waals surface area (Å²) in [5.74, 6) is 3.67. The maximum Gasteiger partial charge on any atom is 0.220 e. The van der Waals surface area contributed by atoms with Crippen LogP contribution in [-0.4, -0.2) is 45.9 Å². The van der Waals surface area contributed by atoms with Gasteiger partial charge in [-0.3, -0.25) is 4.79 Å². The fourth-order valence-corrected chi connectivity index (χ4v) is 3.24. The summed E-state index contributed by atoms with van der Waals surface area (Å²) >= 11 is 0. The molecule has 1 aromatic heterocycles. The molecule has 0 fully saturated rings. The Kier molecular flexibility index (Phi) is 7.96. The lowest BCUT2D eigenvalue weighted by Gasteiger charge is -2.10. The minimum atomic E-state index is -0.0627. The van der Waals surface area contributed by atoms with Crippen LogP contribution in [0, 0.1) is 0 Å². The fraction of sp³-hybridized carbons (Fsp3) is 0.333. The number of oxazole rings is 1. The molecule has 1 N–H and O–H groups in total. The zero-order valence-electron chi connectivity index (χ0n) is 18.8. The highest BCUT2D eigenvalue weighted by atomic mass is 16.5. The lowest BCUT2D eigenvalue weighted by atomic mass is 10.1. The number of methoxy groups -OCH3 is 4. The average molecular weight is 440 g/mol. The molecule has 0 radical (unpaired) electrons. The van der Waals surface area contributed by atoms with Gasteiger partial charge in [-0.1, -0.05) is 6.07 Å². The molecule has 0 spiro atoms. The monoisotopic (exact) mass is 440 g/mol. The Labute approximate surface area is 187 Å². The fourth-order valence-electron chi connectivity index (χ4n) is 3.24. The molecule has 0 unspecified atom stereocenters. The molecule has 1 heterocycles. The number of aromatic nitrogens is 1. The van der Waals surface area contributed by atoms with Crippen molar-refractivity contribution in [1.82, 2.24) is 10.3 Å². The molecule has 32 heavy (non-hydrogen) atoms.